The highest BCUT2D eigenvalue weighted by Crippen LogP contribution is 2.52. The van der Waals surface area contributed by atoms with Crippen LogP contribution < -0.4 is 5.32 Å². The molecule has 1 N–H and O–H groups in total. The smallest absolute Gasteiger partial charge is 0.246 e. The predicted molar refractivity (Wildman–Crippen MR) is 101 cm³/mol. The Morgan fingerprint density at radius 2 is 1.86 bits per heavy atom. The Hall–Kier alpha value is -2.94. The topological polar surface area (TPSA) is 79.4 Å². The van der Waals surface area contributed by atoms with Crippen LogP contribution in [0.25, 0.3) is 11.3 Å². The fourth-order valence-corrected chi connectivity index (χ4v) is 5.30. The van der Waals surface area contributed by atoms with Gasteiger partial charge in [0, 0.05) is 10.9 Å². The van der Waals surface area contributed by atoms with E-state index in [4.69, 9.17) is 0 Å². The van der Waals surface area contributed by atoms with E-state index in [0.29, 0.717) is 0 Å². The molecule has 3 amide bonds. The second-order valence-electron chi connectivity index (χ2n) is 7.47. The summed E-state index contributed by atoms with van der Waals surface area (Å²) < 4.78 is 27.3. The number of fused-ring (bicyclic) bond motifs is 5. The molecule has 1 aromatic heterocycles. The van der Waals surface area contributed by atoms with Crippen molar-refractivity contribution >= 4 is 34.2 Å². The van der Waals surface area contributed by atoms with Crippen molar-refractivity contribution in [1.29, 1.82) is 0 Å². The van der Waals surface area contributed by atoms with Gasteiger partial charge in [-0.1, -0.05) is 12.2 Å². The summed E-state index contributed by atoms with van der Waals surface area (Å²) in [4.78, 5) is 42.8. The molecule has 9 heteroatoms. The third-order valence-electron chi connectivity index (χ3n) is 5.82. The maximum absolute atomic E-state index is 13.9. The number of amides is 3. The van der Waals surface area contributed by atoms with E-state index < -0.39 is 17.5 Å². The maximum Gasteiger partial charge on any atom is 0.246 e. The summed E-state index contributed by atoms with van der Waals surface area (Å²) in [5.41, 5.74) is 0.176. The minimum absolute atomic E-state index is 0.0116. The molecule has 3 aliphatic rings. The SMILES string of the molecule is O=C(CN1C(=O)C2C3C=CC(C3)C2C1=O)Nc1nc(-c2cc(F)ccc2F)cs1. The Labute approximate surface area is 168 Å². The number of hydrogen-bond acceptors (Lipinski definition) is 5. The first kappa shape index (κ1) is 18.1. The monoisotopic (exact) mass is 415 g/mol. The Morgan fingerprint density at radius 1 is 1.17 bits per heavy atom. The molecule has 1 aromatic carbocycles. The van der Waals surface area contributed by atoms with Crippen molar-refractivity contribution in [2.75, 3.05) is 11.9 Å². The predicted octanol–water partition coefficient (Wildman–Crippen LogP) is 2.83. The van der Waals surface area contributed by atoms with Gasteiger partial charge in [0.25, 0.3) is 0 Å². The molecule has 0 radical (unpaired) electrons. The molecular weight excluding hydrogens is 400 g/mol. The Morgan fingerprint density at radius 3 is 2.55 bits per heavy atom. The van der Waals surface area contributed by atoms with Crippen molar-refractivity contribution in [2.24, 2.45) is 23.7 Å². The molecule has 4 unspecified atom stereocenters. The molecule has 2 heterocycles. The standard InChI is InChI=1S/C20H15F2N3O3S/c21-11-3-4-13(22)12(6-11)14-8-29-20(23-14)24-15(26)7-25-18(27)16-9-1-2-10(5-9)17(16)19(25)28/h1-4,6,8-10,16-17H,5,7H2,(H,23,24,26). The molecule has 1 aliphatic heterocycles. The lowest BCUT2D eigenvalue weighted by molar-refractivity contribution is -0.143. The van der Waals surface area contributed by atoms with Crippen molar-refractivity contribution in [3.63, 3.8) is 0 Å². The van der Waals surface area contributed by atoms with E-state index in [9.17, 15) is 23.2 Å². The van der Waals surface area contributed by atoms with Crippen LogP contribution in [-0.2, 0) is 14.4 Å². The van der Waals surface area contributed by atoms with Crippen molar-refractivity contribution in [3.05, 3.63) is 47.4 Å². The number of benzene rings is 1. The van der Waals surface area contributed by atoms with E-state index in [2.05, 4.69) is 10.3 Å². The normalized spacial score (nSPS) is 27.0. The second kappa shape index (κ2) is 6.55. The number of anilines is 1. The number of nitrogens with one attached hydrogen (secondary N) is 1. The minimum Gasteiger partial charge on any atom is -0.300 e. The van der Waals surface area contributed by atoms with Crippen LogP contribution in [0.2, 0.25) is 0 Å². The zero-order valence-corrected chi connectivity index (χ0v) is 15.8. The van der Waals surface area contributed by atoms with Gasteiger partial charge in [-0.2, -0.15) is 0 Å². The second-order valence-corrected chi connectivity index (χ2v) is 8.33. The summed E-state index contributed by atoms with van der Waals surface area (Å²) in [6, 6.07) is 3.04. The molecule has 29 heavy (non-hydrogen) atoms. The molecule has 4 atom stereocenters. The molecule has 1 saturated heterocycles. The molecule has 148 valence electrons. The maximum atomic E-state index is 13.9. The van der Waals surface area contributed by atoms with Gasteiger partial charge in [0.15, 0.2) is 5.13 Å². The van der Waals surface area contributed by atoms with Gasteiger partial charge >= 0.3 is 0 Å². The van der Waals surface area contributed by atoms with E-state index in [-0.39, 0.29) is 58.4 Å². The van der Waals surface area contributed by atoms with Crippen LogP contribution in [0.3, 0.4) is 0 Å². The van der Waals surface area contributed by atoms with Gasteiger partial charge in [-0.3, -0.25) is 19.3 Å². The molecule has 5 rings (SSSR count). The van der Waals surface area contributed by atoms with Crippen LogP contribution in [0.4, 0.5) is 13.9 Å². The number of likely N-dealkylation sites (tertiary alicyclic amines) is 1. The van der Waals surface area contributed by atoms with Crippen molar-refractivity contribution in [1.82, 2.24) is 9.88 Å². The number of thiazole rings is 1. The summed E-state index contributed by atoms with van der Waals surface area (Å²) in [6.07, 6.45) is 4.80. The van der Waals surface area contributed by atoms with E-state index in [1.807, 2.05) is 12.2 Å². The van der Waals surface area contributed by atoms with Crippen molar-refractivity contribution < 1.29 is 23.2 Å². The fraction of sp³-hybridized carbons (Fsp3) is 0.300. The zero-order valence-electron chi connectivity index (χ0n) is 15.0. The Bertz CT molecular complexity index is 1050. The van der Waals surface area contributed by atoms with E-state index >= 15 is 0 Å². The van der Waals surface area contributed by atoms with Crippen LogP contribution in [0.5, 0.6) is 0 Å². The summed E-state index contributed by atoms with van der Waals surface area (Å²) in [5.74, 6) is -2.93. The highest BCUT2D eigenvalue weighted by atomic mass is 32.1. The van der Waals surface area contributed by atoms with Gasteiger partial charge in [0.05, 0.1) is 17.5 Å². The largest absolute Gasteiger partial charge is 0.300 e. The molecule has 2 fully saturated rings. The van der Waals surface area contributed by atoms with E-state index in [0.717, 1.165) is 40.9 Å². The number of carbonyl (C=O) groups is 3. The van der Waals surface area contributed by atoms with Gasteiger partial charge in [-0.25, -0.2) is 13.8 Å². The molecule has 2 bridgehead atoms. The zero-order chi connectivity index (χ0) is 20.3. The summed E-state index contributed by atoms with van der Waals surface area (Å²) >= 11 is 1.04. The van der Waals surface area contributed by atoms with Gasteiger partial charge in [-0.15, -0.1) is 11.3 Å². The number of rotatable bonds is 4. The van der Waals surface area contributed by atoms with Gasteiger partial charge in [-0.05, 0) is 36.5 Å². The quantitative estimate of drug-likeness (QED) is 0.615. The number of aromatic nitrogens is 1. The lowest BCUT2D eigenvalue weighted by Gasteiger charge is -2.16. The molecule has 2 aliphatic carbocycles. The molecule has 1 saturated carbocycles. The van der Waals surface area contributed by atoms with Gasteiger partial charge < -0.3 is 5.32 Å². The first-order chi connectivity index (χ1) is 13.9. The average Bonchev–Trinajstić information content (AvgIpc) is 3.45. The van der Waals surface area contributed by atoms with Crippen LogP contribution in [0.1, 0.15) is 6.42 Å². The Balaban J connectivity index is 1.28. The number of hydrogen-bond donors (Lipinski definition) is 1. The van der Waals surface area contributed by atoms with Crippen LogP contribution in [0, 0.1) is 35.3 Å². The lowest BCUT2D eigenvalue weighted by atomic mass is 9.85. The average molecular weight is 415 g/mol. The molecule has 2 aromatic rings. The number of carbonyl (C=O) groups excluding carboxylic acids is 3. The third-order valence-corrected chi connectivity index (χ3v) is 6.58. The fourth-order valence-electron chi connectivity index (χ4n) is 4.57. The minimum atomic E-state index is -0.627. The Kier molecular flexibility index (Phi) is 4.09. The van der Waals surface area contributed by atoms with Gasteiger partial charge in [0.2, 0.25) is 17.7 Å². The summed E-state index contributed by atoms with van der Waals surface area (Å²) in [7, 11) is 0. The van der Waals surface area contributed by atoms with E-state index in [1.165, 1.54) is 5.38 Å². The van der Waals surface area contributed by atoms with Gasteiger partial charge in [0.1, 0.15) is 18.2 Å². The number of allylic oxidation sites excluding steroid dienone is 2. The van der Waals surface area contributed by atoms with Crippen molar-refractivity contribution in [2.45, 2.75) is 6.42 Å². The van der Waals surface area contributed by atoms with Crippen LogP contribution in [0.15, 0.2) is 35.7 Å². The highest BCUT2D eigenvalue weighted by Gasteiger charge is 2.59. The summed E-state index contributed by atoms with van der Waals surface area (Å²) in [5, 5.41) is 4.20. The first-order valence-corrected chi connectivity index (χ1v) is 10.0. The van der Waals surface area contributed by atoms with E-state index in [1.54, 1.807) is 0 Å². The highest BCUT2D eigenvalue weighted by molar-refractivity contribution is 7.14. The lowest BCUT2D eigenvalue weighted by Crippen LogP contribution is -2.39. The molecule has 0 spiro atoms. The number of nitrogens with zero attached hydrogens (tertiary/aromatic N) is 2. The van der Waals surface area contributed by atoms with Crippen LogP contribution in [-0.4, -0.2) is 34.2 Å². The molecule has 6 nitrogen and oxygen atoms in total. The summed E-state index contributed by atoms with van der Waals surface area (Å²) in [6.45, 7) is -0.382. The first-order valence-electron chi connectivity index (χ1n) is 9.16. The number of halogens is 2. The molecular formula is C20H15F2N3O3S. The third kappa shape index (κ3) is 2.88. The number of imide groups is 1. The van der Waals surface area contributed by atoms with Crippen LogP contribution >= 0.6 is 11.3 Å². The van der Waals surface area contributed by atoms with Crippen molar-refractivity contribution in [3.8, 4) is 11.3 Å².